The van der Waals surface area contributed by atoms with Crippen LogP contribution in [0, 0.1) is 0 Å². The van der Waals surface area contributed by atoms with E-state index in [9.17, 15) is 0 Å². The van der Waals surface area contributed by atoms with Crippen LogP contribution in [0.1, 0.15) is 31.5 Å². The van der Waals surface area contributed by atoms with Crippen molar-refractivity contribution in [3.05, 3.63) is 36.0 Å². The Morgan fingerprint density at radius 1 is 1.41 bits per heavy atom. The zero-order valence-electron chi connectivity index (χ0n) is 10.8. The summed E-state index contributed by atoms with van der Waals surface area (Å²) >= 11 is 0. The van der Waals surface area contributed by atoms with Gasteiger partial charge >= 0.3 is 0 Å². The van der Waals surface area contributed by atoms with Gasteiger partial charge in [-0.2, -0.15) is 0 Å². The first-order chi connectivity index (χ1) is 8.30. The Labute approximate surface area is 104 Å². The third kappa shape index (κ3) is 5.00. The molecule has 0 spiro atoms. The second-order valence-corrected chi connectivity index (χ2v) is 3.86. The molecule has 0 aromatic carbocycles. The molecule has 0 aliphatic carbocycles. The number of pyridine rings is 1. The highest BCUT2D eigenvalue weighted by atomic mass is 16.5. The summed E-state index contributed by atoms with van der Waals surface area (Å²) in [5, 5.41) is 3.31. The van der Waals surface area contributed by atoms with Crippen LogP contribution in [0.4, 0.5) is 0 Å². The van der Waals surface area contributed by atoms with E-state index in [1.165, 1.54) is 5.56 Å². The van der Waals surface area contributed by atoms with Crippen molar-refractivity contribution in [2.45, 2.75) is 33.2 Å². The molecule has 1 aromatic heterocycles. The molecular formula is C14H22N2O. The maximum absolute atomic E-state index is 5.60. The molecule has 0 saturated carbocycles. The van der Waals surface area contributed by atoms with E-state index in [2.05, 4.69) is 36.8 Å². The summed E-state index contributed by atoms with van der Waals surface area (Å²) in [7, 11) is 0. The minimum atomic E-state index is 0.643. The Hall–Kier alpha value is -1.35. The zero-order chi connectivity index (χ0) is 12.5. The summed E-state index contributed by atoms with van der Waals surface area (Å²) in [5.41, 5.74) is 2.31. The maximum Gasteiger partial charge on any atom is 0.213 e. The number of rotatable bonds is 8. The lowest BCUT2D eigenvalue weighted by Gasteiger charge is -2.09. The molecule has 0 unspecified atom stereocenters. The van der Waals surface area contributed by atoms with Crippen LogP contribution >= 0.6 is 0 Å². The first kappa shape index (κ1) is 13.7. The molecule has 3 heteroatoms. The van der Waals surface area contributed by atoms with E-state index in [1.54, 1.807) is 0 Å². The van der Waals surface area contributed by atoms with Gasteiger partial charge < -0.3 is 10.1 Å². The Kier molecular flexibility index (Phi) is 6.33. The molecular weight excluding hydrogens is 212 g/mol. The van der Waals surface area contributed by atoms with E-state index in [4.69, 9.17) is 4.74 Å². The highest BCUT2D eigenvalue weighted by Gasteiger charge is 2.02. The minimum Gasteiger partial charge on any atom is -0.477 e. The monoisotopic (exact) mass is 234 g/mol. The molecule has 1 rings (SSSR count). The number of aryl methyl sites for hydroxylation is 1. The van der Waals surface area contributed by atoms with Crippen molar-refractivity contribution >= 4 is 0 Å². The van der Waals surface area contributed by atoms with Crippen LogP contribution in [0.5, 0.6) is 5.88 Å². The number of nitrogens with one attached hydrogen (secondary N) is 1. The first-order valence-electron chi connectivity index (χ1n) is 6.24. The number of aromatic nitrogens is 1. The molecule has 3 nitrogen and oxygen atoms in total. The molecule has 17 heavy (non-hydrogen) atoms. The molecule has 1 N–H and O–H groups in total. The highest BCUT2D eigenvalue weighted by Crippen LogP contribution is 2.13. The molecule has 0 bridgehead atoms. The van der Waals surface area contributed by atoms with E-state index in [-0.39, 0.29) is 0 Å². The topological polar surface area (TPSA) is 34.1 Å². The van der Waals surface area contributed by atoms with Gasteiger partial charge in [0.2, 0.25) is 5.88 Å². The molecule has 1 heterocycles. The minimum absolute atomic E-state index is 0.643. The normalized spacial score (nSPS) is 10.2. The second kappa shape index (κ2) is 7.85. The third-order valence-electron chi connectivity index (χ3n) is 2.43. The lowest BCUT2D eigenvalue weighted by atomic mass is 10.2. The van der Waals surface area contributed by atoms with Crippen molar-refractivity contribution in [2.24, 2.45) is 0 Å². The van der Waals surface area contributed by atoms with Crippen molar-refractivity contribution < 1.29 is 4.74 Å². The Morgan fingerprint density at radius 3 is 2.88 bits per heavy atom. The lowest BCUT2D eigenvalue weighted by Crippen LogP contribution is -2.12. The fourth-order valence-electron chi connectivity index (χ4n) is 1.49. The smallest absolute Gasteiger partial charge is 0.213 e. The van der Waals surface area contributed by atoms with Gasteiger partial charge in [-0.1, -0.05) is 19.9 Å². The van der Waals surface area contributed by atoms with Gasteiger partial charge in [0.05, 0.1) is 6.61 Å². The second-order valence-electron chi connectivity index (χ2n) is 3.86. The molecule has 0 fully saturated rings. The molecule has 0 atom stereocenters. The van der Waals surface area contributed by atoms with Crippen LogP contribution in [0.3, 0.4) is 0 Å². The Bertz CT molecular complexity index is 350. The van der Waals surface area contributed by atoms with Crippen molar-refractivity contribution in [2.75, 3.05) is 13.2 Å². The molecule has 94 valence electrons. The summed E-state index contributed by atoms with van der Waals surface area (Å²) in [4.78, 5) is 4.45. The average molecular weight is 234 g/mol. The van der Waals surface area contributed by atoms with Crippen molar-refractivity contribution in [1.29, 1.82) is 0 Å². The van der Waals surface area contributed by atoms with Crippen LogP contribution in [0.15, 0.2) is 24.8 Å². The summed E-state index contributed by atoms with van der Waals surface area (Å²) in [6.07, 6.45) is 3.63. The van der Waals surface area contributed by atoms with Gasteiger partial charge in [-0.05, 0) is 31.0 Å². The predicted octanol–water partition coefficient (Wildman–Crippen LogP) is 2.71. The number of hydrogen-bond acceptors (Lipinski definition) is 3. The number of hydrogen-bond donors (Lipinski definition) is 1. The van der Waals surface area contributed by atoms with Crippen LogP contribution < -0.4 is 10.1 Å². The average Bonchev–Trinajstić information content (AvgIpc) is 2.36. The van der Waals surface area contributed by atoms with E-state index < -0.39 is 0 Å². The fourth-order valence-corrected chi connectivity index (χ4v) is 1.49. The van der Waals surface area contributed by atoms with Gasteiger partial charge in [-0.15, -0.1) is 6.58 Å². The van der Waals surface area contributed by atoms with Gasteiger partial charge in [0.1, 0.15) is 0 Å². The first-order valence-corrected chi connectivity index (χ1v) is 6.24. The fraction of sp³-hybridized carbons (Fsp3) is 0.500. The summed E-state index contributed by atoms with van der Waals surface area (Å²) in [6.45, 7) is 10.4. The molecule has 0 aliphatic rings. The van der Waals surface area contributed by atoms with Crippen LogP contribution in [0.25, 0.3) is 0 Å². The van der Waals surface area contributed by atoms with Crippen molar-refractivity contribution in [3.63, 3.8) is 0 Å². The summed E-state index contributed by atoms with van der Waals surface area (Å²) < 4.78 is 5.60. The standard InChI is InChI=1S/C14H22N2O/c1-4-7-8-17-14-10-12(11-15-6-3)9-13(5-2)16-14/h4,9-10,15H,1,5-8,11H2,2-3H3. The van der Waals surface area contributed by atoms with Gasteiger partial charge in [-0.25, -0.2) is 4.98 Å². The largest absolute Gasteiger partial charge is 0.477 e. The van der Waals surface area contributed by atoms with E-state index >= 15 is 0 Å². The van der Waals surface area contributed by atoms with Gasteiger partial charge in [0.15, 0.2) is 0 Å². The Balaban J connectivity index is 2.70. The van der Waals surface area contributed by atoms with E-state index in [1.807, 2.05) is 12.1 Å². The van der Waals surface area contributed by atoms with Crippen LogP contribution in [-0.2, 0) is 13.0 Å². The SMILES string of the molecule is C=CCCOc1cc(CNCC)cc(CC)n1. The van der Waals surface area contributed by atoms with Crippen molar-refractivity contribution in [3.8, 4) is 5.88 Å². The molecule has 0 aliphatic heterocycles. The van der Waals surface area contributed by atoms with Gasteiger partial charge in [-0.3, -0.25) is 0 Å². The summed E-state index contributed by atoms with van der Waals surface area (Å²) in [5.74, 6) is 0.721. The van der Waals surface area contributed by atoms with Crippen molar-refractivity contribution in [1.82, 2.24) is 10.3 Å². The van der Waals surface area contributed by atoms with E-state index in [0.717, 1.165) is 37.5 Å². The molecule has 0 radical (unpaired) electrons. The quantitative estimate of drug-likeness (QED) is 0.554. The maximum atomic E-state index is 5.60. The third-order valence-corrected chi connectivity index (χ3v) is 2.43. The van der Waals surface area contributed by atoms with E-state index in [0.29, 0.717) is 6.61 Å². The van der Waals surface area contributed by atoms with Gasteiger partial charge in [0, 0.05) is 18.3 Å². The molecule has 1 aromatic rings. The lowest BCUT2D eigenvalue weighted by molar-refractivity contribution is 0.311. The molecule has 0 saturated heterocycles. The Morgan fingerprint density at radius 2 is 2.24 bits per heavy atom. The summed E-state index contributed by atoms with van der Waals surface area (Å²) in [6, 6.07) is 4.13. The number of ether oxygens (including phenoxy) is 1. The molecule has 0 amide bonds. The zero-order valence-corrected chi connectivity index (χ0v) is 10.8. The predicted molar refractivity (Wildman–Crippen MR) is 71.3 cm³/mol. The number of nitrogens with zero attached hydrogens (tertiary/aromatic N) is 1. The van der Waals surface area contributed by atoms with Crippen LogP contribution in [-0.4, -0.2) is 18.1 Å². The van der Waals surface area contributed by atoms with Gasteiger partial charge in [0.25, 0.3) is 0 Å². The highest BCUT2D eigenvalue weighted by molar-refractivity contribution is 5.25. The van der Waals surface area contributed by atoms with Crippen LogP contribution in [0.2, 0.25) is 0 Å².